The zero-order valence-electron chi connectivity index (χ0n) is 15.2. The van der Waals surface area contributed by atoms with Crippen LogP contribution in [0.5, 0.6) is 11.5 Å². The quantitative estimate of drug-likeness (QED) is 0.671. The van der Waals surface area contributed by atoms with Crippen LogP contribution >= 0.6 is 23.5 Å². The third-order valence-corrected chi connectivity index (χ3v) is 8.55. The Kier molecular flexibility index (Phi) is 5.55. The topological polar surface area (TPSA) is 44.8 Å². The van der Waals surface area contributed by atoms with Gasteiger partial charge in [-0.05, 0) is 41.2 Å². The number of hydrogen-bond acceptors (Lipinski definition) is 6. The lowest BCUT2D eigenvalue weighted by atomic mass is 9.88. The fourth-order valence-electron chi connectivity index (χ4n) is 3.64. The molecule has 2 aliphatic rings. The summed E-state index contributed by atoms with van der Waals surface area (Å²) in [6, 6.07) is 16.5. The average Bonchev–Trinajstić information content (AvgIpc) is 3.21. The van der Waals surface area contributed by atoms with E-state index in [1.807, 2.05) is 47.8 Å². The van der Waals surface area contributed by atoms with Gasteiger partial charge in [0.15, 0.2) is 11.5 Å². The lowest BCUT2D eigenvalue weighted by molar-refractivity contribution is -0.141. The van der Waals surface area contributed by atoms with Gasteiger partial charge in [-0.1, -0.05) is 36.4 Å². The number of carbonyl (C=O) groups is 1. The first-order valence-corrected chi connectivity index (χ1v) is 11.0. The lowest BCUT2D eigenvalue weighted by Gasteiger charge is -2.43. The highest BCUT2D eigenvalue weighted by Crippen LogP contribution is 2.60. The molecule has 4 rings (SSSR count). The van der Waals surface area contributed by atoms with Crippen LogP contribution in [0.1, 0.15) is 29.9 Å². The maximum atomic E-state index is 12.3. The molecule has 0 N–H and O–H groups in total. The predicted molar refractivity (Wildman–Crippen MR) is 110 cm³/mol. The molecular formula is C21H22O4S2. The molecule has 1 fully saturated rings. The smallest absolute Gasteiger partial charge is 0.306 e. The Balaban J connectivity index is 1.81. The number of thioether (sulfide) groups is 2. The first-order chi connectivity index (χ1) is 13.2. The van der Waals surface area contributed by atoms with Gasteiger partial charge in [0.25, 0.3) is 0 Å². The SMILES string of the molecule is COC(=O)CC(c1ccccc1)C1(c2ccc3c(c2)OCO3)SCCCS1. The van der Waals surface area contributed by atoms with Crippen molar-refractivity contribution in [2.24, 2.45) is 0 Å². The molecule has 0 amide bonds. The molecule has 0 aromatic heterocycles. The molecule has 2 heterocycles. The van der Waals surface area contributed by atoms with Crippen LogP contribution in [0.25, 0.3) is 0 Å². The van der Waals surface area contributed by atoms with Gasteiger partial charge in [-0.25, -0.2) is 0 Å². The Morgan fingerprint density at radius 3 is 2.59 bits per heavy atom. The second-order valence-electron chi connectivity index (χ2n) is 6.53. The van der Waals surface area contributed by atoms with Gasteiger partial charge in [0.05, 0.1) is 17.6 Å². The summed E-state index contributed by atoms with van der Waals surface area (Å²) in [7, 11) is 1.46. The molecular weight excluding hydrogens is 380 g/mol. The van der Waals surface area contributed by atoms with Gasteiger partial charge in [0, 0.05) is 5.92 Å². The van der Waals surface area contributed by atoms with Crippen LogP contribution in [0.4, 0.5) is 0 Å². The molecule has 27 heavy (non-hydrogen) atoms. The van der Waals surface area contributed by atoms with Gasteiger partial charge in [0.1, 0.15) is 0 Å². The number of methoxy groups -OCH3 is 1. The van der Waals surface area contributed by atoms with E-state index >= 15 is 0 Å². The van der Waals surface area contributed by atoms with Crippen LogP contribution < -0.4 is 9.47 Å². The maximum Gasteiger partial charge on any atom is 0.306 e. The molecule has 1 atom stereocenters. The van der Waals surface area contributed by atoms with Crippen LogP contribution in [-0.2, 0) is 13.6 Å². The zero-order valence-corrected chi connectivity index (χ0v) is 16.8. The molecule has 0 aliphatic carbocycles. The van der Waals surface area contributed by atoms with Crippen molar-refractivity contribution in [3.8, 4) is 11.5 Å². The van der Waals surface area contributed by atoms with Gasteiger partial charge < -0.3 is 14.2 Å². The maximum absolute atomic E-state index is 12.3. The van der Waals surface area contributed by atoms with Crippen LogP contribution in [-0.4, -0.2) is 31.4 Å². The summed E-state index contributed by atoms with van der Waals surface area (Å²) in [6.07, 6.45) is 1.51. The van der Waals surface area contributed by atoms with Crippen molar-refractivity contribution in [2.45, 2.75) is 22.8 Å². The molecule has 2 aromatic carbocycles. The van der Waals surface area contributed by atoms with Crippen molar-refractivity contribution in [2.75, 3.05) is 25.4 Å². The molecule has 0 bridgehead atoms. The fourth-order valence-corrected chi connectivity index (χ4v) is 7.27. The minimum Gasteiger partial charge on any atom is -0.469 e. The van der Waals surface area contributed by atoms with E-state index in [0.717, 1.165) is 28.6 Å². The summed E-state index contributed by atoms with van der Waals surface area (Å²) >= 11 is 3.85. The van der Waals surface area contributed by atoms with Crippen LogP contribution in [0.2, 0.25) is 0 Å². The zero-order chi connectivity index (χ0) is 18.7. The molecule has 142 valence electrons. The first kappa shape index (κ1) is 18.6. The third kappa shape index (κ3) is 3.65. The van der Waals surface area contributed by atoms with E-state index in [-0.39, 0.29) is 22.8 Å². The second kappa shape index (κ2) is 8.07. The summed E-state index contributed by atoms with van der Waals surface area (Å²) in [5.41, 5.74) is 2.32. The highest BCUT2D eigenvalue weighted by molar-refractivity contribution is 8.18. The summed E-state index contributed by atoms with van der Waals surface area (Å²) in [5.74, 6) is 3.50. The summed E-state index contributed by atoms with van der Waals surface area (Å²) < 4.78 is 15.9. The molecule has 0 spiro atoms. The van der Waals surface area contributed by atoms with Crippen molar-refractivity contribution in [3.05, 3.63) is 59.7 Å². The summed E-state index contributed by atoms with van der Waals surface area (Å²) in [6.45, 7) is 0.260. The summed E-state index contributed by atoms with van der Waals surface area (Å²) in [5, 5.41) is 0. The van der Waals surface area contributed by atoms with E-state index in [4.69, 9.17) is 14.2 Å². The minimum absolute atomic E-state index is 0.00169. The molecule has 0 saturated carbocycles. The largest absolute Gasteiger partial charge is 0.469 e. The van der Waals surface area contributed by atoms with Gasteiger partial charge in [-0.15, -0.1) is 23.5 Å². The summed E-state index contributed by atoms with van der Waals surface area (Å²) in [4.78, 5) is 12.3. The number of ether oxygens (including phenoxy) is 3. The van der Waals surface area contributed by atoms with Crippen LogP contribution in [0.15, 0.2) is 48.5 Å². The van der Waals surface area contributed by atoms with Crippen LogP contribution in [0.3, 0.4) is 0 Å². The van der Waals surface area contributed by atoms with Gasteiger partial charge >= 0.3 is 5.97 Å². The Morgan fingerprint density at radius 2 is 1.85 bits per heavy atom. The predicted octanol–water partition coefficient (Wildman–Crippen LogP) is 4.79. The minimum atomic E-state index is -0.269. The van der Waals surface area contributed by atoms with E-state index < -0.39 is 0 Å². The number of carbonyl (C=O) groups excluding carboxylic acids is 1. The molecule has 1 saturated heterocycles. The van der Waals surface area contributed by atoms with E-state index in [1.54, 1.807) is 0 Å². The monoisotopic (exact) mass is 402 g/mol. The molecule has 1 unspecified atom stereocenters. The Morgan fingerprint density at radius 1 is 1.11 bits per heavy atom. The van der Waals surface area contributed by atoms with Crippen molar-refractivity contribution in [3.63, 3.8) is 0 Å². The molecule has 6 heteroatoms. The molecule has 4 nitrogen and oxygen atoms in total. The molecule has 2 aliphatic heterocycles. The number of esters is 1. The van der Waals surface area contributed by atoms with E-state index in [9.17, 15) is 4.79 Å². The Hall–Kier alpha value is -1.79. The third-order valence-electron chi connectivity index (χ3n) is 4.96. The van der Waals surface area contributed by atoms with Gasteiger partial charge in [0.2, 0.25) is 6.79 Å². The molecule has 0 radical (unpaired) electrons. The van der Waals surface area contributed by atoms with Gasteiger partial charge in [-0.2, -0.15) is 0 Å². The number of hydrogen-bond donors (Lipinski definition) is 0. The Bertz CT molecular complexity index is 803. The highest BCUT2D eigenvalue weighted by Gasteiger charge is 2.45. The van der Waals surface area contributed by atoms with E-state index in [0.29, 0.717) is 6.42 Å². The van der Waals surface area contributed by atoms with Crippen molar-refractivity contribution in [1.82, 2.24) is 0 Å². The van der Waals surface area contributed by atoms with E-state index in [1.165, 1.54) is 19.1 Å². The van der Waals surface area contributed by atoms with Crippen molar-refractivity contribution < 1.29 is 19.0 Å². The van der Waals surface area contributed by atoms with Crippen molar-refractivity contribution in [1.29, 1.82) is 0 Å². The standard InChI is InChI=1S/C21H22O4S2/c1-23-20(22)13-17(15-6-3-2-4-7-15)21(26-10-5-11-27-21)16-8-9-18-19(12-16)25-14-24-18/h2-4,6-9,12,17H,5,10-11,13-14H2,1H3. The van der Waals surface area contributed by atoms with Gasteiger partial charge in [-0.3, -0.25) is 4.79 Å². The average molecular weight is 403 g/mol. The first-order valence-electron chi connectivity index (χ1n) is 9.03. The number of benzene rings is 2. The lowest BCUT2D eigenvalue weighted by Crippen LogP contribution is -2.32. The Labute approximate surface area is 168 Å². The highest BCUT2D eigenvalue weighted by atomic mass is 32.2. The fraction of sp³-hybridized carbons (Fsp3) is 0.381. The number of rotatable bonds is 5. The van der Waals surface area contributed by atoms with Crippen LogP contribution in [0, 0.1) is 0 Å². The van der Waals surface area contributed by atoms with E-state index in [2.05, 4.69) is 24.3 Å². The second-order valence-corrected chi connectivity index (χ2v) is 9.47. The number of fused-ring (bicyclic) bond motifs is 1. The van der Waals surface area contributed by atoms with Crippen molar-refractivity contribution >= 4 is 29.5 Å². The normalized spacial score (nSPS) is 18.7. The molecule has 2 aromatic rings.